The highest BCUT2D eigenvalue weighted by Crippen LogP contribution is 2.21. The molecular formula is C10H20N4O. The summed E-state index contributed by atoms with van der Waals surface area (Å²) in [5.74, 6) is 6.65. The van der Waals surface area contributed by atoms with E-state index in [9.17, 15) is 0 Å². The van der Waals surface area contributed by atoms with Gasteiger partial charge in [-0.25, -0.2) is 5.84 Å². The molecule has 86 valence electrons. The number of hydrazine groups is 1. The molecule has 2 aliphatic rings. The molecule has 1 aliphatic heterocycles. The third-order valence-electron chi connectivity index (χ3n) is 3.07. The predicted octanol–water partition coefficient (Wildman–Crippen LogP) is -0.0173. The van der Waals surface area contributed by atoms with Crippen LogP contribution in [0.1, 0.15) is 26.2 Å². The van der Waals surface area contributed by atoms with Crippen molar-refractivity contribution >= 4 is 5.96 Å². The van der Waals surface area contributed by atoms with Crippen molar-refractivity contribution < 1.29 is 4.74 Å². The second kappa shape index (κ2) is 4.81. The summed E-state index contributed by atoms with van der Waals surface area (Å²) in [7, 11) is 0. The maximum absolute atomic E-state index is 5.48. The first-order chi connectivity index (χ1) is 7.29. The van der Waals surface area contributed by atoms with E-state index in [0.717, 1.165) is 25.5 Å². The van der Waals surface area contributed by atoms with Crippen molar-refractivity contribution in [1.82, 2.24) is 10.7 Å². The van der Waals surface area contributed by atoms with E-state index in [2.05, 4.69) is 22.7 Å². The zero-order valence-corrected chi connectivity index (χ0v) is 9.20. The molecule has 1 saturated heterocycles. The van der Waals surface area contributed by atoms with Crippen LogP contribution in [0.15, 0.2) is 4.99 Å². The number of nitrogens with one attached hydrogen (secondary N) is 2. The van der Waals surface area contributed by atoms with Crippen LogP contribution in [-0.2, 0) is 4.74 Å². The number of nitrogens with two attached hydrogens (primary N) is 1. The molecule has 0 amide bonds. The van der Waals surface area contributed by atoms with Crippen molar-refractivity contribution in [1.29, 1.82) is 0 Å². The second-order valence-corrected chi connectivity index (χ2v) is 4.38. The van der Waals surface area contributed by atoms with Crippen LogP contribution in [0.2, 0.25) is 0 Å². The number of nitrogens with zero attached hydrogens (tertiary/aromatic N) is 1. The van der Waals surface area contributed by atoms with Gasteiger partial charge in [0, 0.05) is 25.1 Å². The van der Waals surface area contributed by atoms with Crippen LogP contribution in [0, 0.1) is 5.92 Å². The van der Waals surface area contributed by atoms with Crippen LogP contribution in [0.25, 0.3) is 0 Å². The van der Waals surface area contributed by atoms with Crippen molar-refractivity contribution in [3.63, 3.8) is 0 Å². The summed E-state index contributed by atoms with van der Waals surface area (Å²) in [5.41, 5.74) is 2.61. The van der Waals surface area contributed by atoms with Gasteiger partial charge in [-0.3, -0.25) is 10.4 Å². The van der Waals surface area contributed by atoms with E-state index in [1.165, 1.54) is 12.8 Å². The summed E-state index contributed by atoms with van der Waals surface area (Å²) in [6.45, 7) is 3.76. The molecule has 0 bridgehead atoms. The Hall–Kier alpha value is -0.810. The van der Waals surface area contributed by atoms with Crippen molar-refractivity contribution in [3.05, 3.63) is 0 Å². The van der Waals surface area contributed by atoms with E-state index in [4.69, 9.17) is 10.6 Å². The third kappa shape index (κ3) is 3.07. The standard InChI is InChI=1S/C10H20N4O/c1-7-8(4-5-15-7)6-12-10(14-11)13-9-2-3-9/h7-9H,2-6,11H2,1H3,(H2,12,13,14). The minimum Gasteiger partial charge on any atom is -0.378 e. The van der Waals surface area contributed by atoms with E-state index in [1.54, 1.807) is 0 Å². The normalized spacial score (nSPS) is 31.7. The van der Waals surface area contributed by atoms with Gasteiger partial charge in [-0.15, -0.1) is 0 Å². The van der Waals surface area contributed by atoms with Gasteiger partial charge < -0.3 is 10.1 Å². The molecule has 5 nitrogen and oxygen atoms in total. The van der Waals surface area contributed by atoms with Crippen LogP contribution < -0.4 is 16.6 Å². The fourth-order valence-electron chi connectivity index (χ4n) is 1.78. The molecule has 0 aromatic rings. The quantitative estimate of drug-likeness (QED) is 0.266. The number of guanidine groups is 1. The van der Waals surface area contributed by atoms with Crippen LogP contribution >= 0.6 is 0 Å². The van der Waals surface area contributed by atoms with Gasteiger partial charge in [-0.2, -0.15) is 0 Å². The number of hydrogen-bond donors (Lipinski definition) is 3. The summed E-state index contributed by atoms with van der Waals surface area (Å²) >= 11 is 0. The van der Waals surface area contributed by atoms with E-state index in [-0.39, 0.29) is 0 Å². The van der Waals surface area contributed by atoms with Crippen molar-refractivity contribution in [3.8, 4) is 0 Å². The number of hydrogen-bond acceptors (Lipinski definition) is 3. The molecule has 2 unspecified atom stereocenters. The highest BCUT2D eigenvalue weighted by atomic mass is 16.5. The fourth-order valence-corrected chi connectivity index (χ4v) is 1.78. The lowest BCUT2D eigenvalue weighted by molar-refractivity contribution is 0.107. The molecule has 0 aromatic heterocycles. The summed E-state index contributed by atoms with van der Waals surface area (Å²) in [6.07, 6.45) is 3.88. The Morgan fingerprint density at radius 2 is 2.27 bits per heavy atom. The van der Waals surface area contributed by atoms with Crippen molar-refractivity contribution in [2.45, 2.75) is 38.3 Å². The van der Waals surface area contributed by atoms with E-state index < -0.39 is 0 Å². The lowest BCUT2D eigenvalue weighted by Gasteiger charge is -2.13. The highest BCUT2D eigenvalue weighted by molar-refractivity contribution is 5.79. The van der Waals surface area contributed by atoms with Gasteiger partial charge in [-0.1, -0.05) is 0 Å². The van der Waals surface area contributed by atoms with Gasteiger partial charge in [-0.05, 0) is 26.2 Å². The number of aliphatic imine (C=N–C) groups is 1. The highest BCUT2D eigenvalue weighted by Gasteiger charge is 2.25. The summed E-state index contributed by atoms with van der Waals surface area (Å²) < 4.78 is 5.48. The molecule has 0 radical (unpaired) electrons. The zero-order valence-electron chi connectivity index (χ0n) is 9.20. The maximum Gasteiger partial charge on any atom is 0.205 e. The summed E-state index contributed by atoms with van der Waals surface area (Å²) in [4.78, 5) is 4.44. The third-order valence-corrected chi connectivity index (χ3v) is 3.07. The maximum atomic E-state index is 5.48. The Morgan fingerprint density at radius 1 is 1.47 bits per heavy atom. The average molecular weight is 212 g/mol. The summed E-state index contributed by atoms with van der Waals surface area (Å²) in [5, 5.41) is 3.25. The minimum absolute atomic E-state index is 0.327. The van der Waals surface area contributed by atoms with E-state index in [1.807, 2.05) is 0 Å². The molecule has 1 saturated carbocycles. The van der Waals surface area contributed by atoms with Gasteiger partial charge in [0.1, 0.15) is 0 Å². The molecule has 2 fully saturated rings. The van der Waals surface area contributed by atoms with Crippen molar-refractivity contribution in [2.24, 2.45) is 16.8 Å². The minimum atomic E-state index is 0.327. The van der Waals surface area contributed by atoms with Gasteiger partial charge in [0.05, 0.1) is 6.10 Å². The smallest absolute Gasteiger partial charge is 0.205 e. The molecule has 0 aromatic carbocycles. The average Bonchev–Trinajstić information content (AvgIpc) is 2.96. The molecule has 0 spiro atoms. The molecule has 1 heterocycles. The van der Waals surface area contributed by atoms with Gasteiger partial charge in [0.2, 0.25) is 5.96 Å². The topological polar surface area (TPSA) is 71.7 Å². The Kier molecular flexibility index (Phi) is 3.43. The Labute approximate surface area is 90.4 Å². The molecule has 5 heteroatoms. The lowest BCUT2D eigenvalue weighted by atomic mass is 10.0. The molecule has 2 atom stereocenters. The molecular weight excluding hydrogens is 192 g/mol. The van der Waals surface area contributed by atoms with Gasteiger partial charge >= 0.3 is 0 Å². The van der Waals surface area contributed by atoms with Crippen molar-refractivity contribution in [2.75, 3.05) is 13.2 Å². The lowest BCUT2D eigenvalue weighted by Crippen LogP contribution is -2.43. The molecule has 4 N–H and O–H groups in total. The first-order valence-electron chi connectivity index (χ1n) is 5.69. The van der Waals surface area contributed by atoms with Gasteiger partial charge in [0.15, 0.2) is 0 Å². The predicted molar refractivity (Wildman–Crippen MR) is 59.3 cm³/mol. The van der Waals surface area contributed by atoms with Crippen LogP contribution in [0.5, 0.6) is 0 Å². The van der Waals surface area contributed by atoms with Crippen LogP contribution in [0.3, 0.4) is 0 Å². The Morgan fingerprint density at radius 3 is 2.80 bits per heavy atom. The Balaban J connectivity index is 1.78. The fraction of sp³-hybridized carbons (Fsp3) is 0.900. The molecule has 15 heavy (non-hydrogen) atoms. The van der Waals surface area contributed by atoms with E-state index >= 15 is 0 Å². The van der Waals surface area contributed by atoms with Crippen LogP contribution in [-0.4, -0.2) is 31.3 Å². The number of rotatable bonds is 3. The SMILES string of the molecule is CC1OCCC1CN=C(NN)NC1CC1. The zero-order chi connectivity index (χ0) is 10.7. The first kappa shape index (κ1) is 10.7. The Bertz CT molecular complexity index is 240. The molecule has 1 aliphatic carbocycles. The summed E-state index contributed by atoms with van der Waals surface area (Å²) in [6, 6.07) is 0.581. The number of ether oxygens (including phenoxy) is 1. The first-order valence-corrected chi connectivity index (χ1v) is 5.69. The molecule has 2 rings (SSSR count). The largest absolute Gasteiger partial charge is 0.378 e. The van der Waals surface area contributed by atoms with Crippen LogP contribution in [0.4, 0.5) is 0 Å². The second-order valence-electron chi connectivity index (χ2n) is 4.38. The monoisotopic (exact) mass is 212 g/mol. The van der Waals surface area contributed by atoms with E-state index in [0.29, 0.717) is 18.1 Å². The van der Waals surface area contributed by atoms with Gasteiger partial charge in [0.25, 0.3) is 0 Å².